The van der Waals surface area contributed by atoms with Crippen molar-refractivity contribution in [2.24, 2.45) is 0 Å². The summed E-state index contributed by atoms with van der Waals surface area (Å²) in [6.45, 7) is 13.9. The molecule has 3 amide bonds. The van der Waals surface area contributed by atoms with Crippen molar-refractivity contribution in [3.05, 3.63) is 34.9 Å². The third kappa shape index (κ3) is 8.35. The molecule has 3 unspecified atom stereocenters. The number of ether oxygens (including phenoxy) is 2. The van der Waals surface area contributed by atoms with E-state index in [0.717, 1.165) is 11.1 Å². The summed E-state index contributed by atoms with van der Waals surface area (Å²) >= 11 is 0. The number of hydrogen-bond acceptors (Lipinski definition) is 6. The van der Waals surface area contributed by atoms with E-state index in [9.17, 15) is 19.2 Å². The molecule has 0 radical (unpaired) electrons. The molecule has 34 heavy (non-hydrogen) atoms. The number of hydrogen-bond donors (Lipinski definition) is 2. The van der Waals surface area contributed by atoms with E-state index in [1.807, 2.05) is 45.9 Å². The average Bonchev–Trinajstić information content (AvgIpc) is 2.74. The summed E-state index contributed by atoms with van der Waals surface area (Å²) in [7, 11) is 1.23. The van der Waals surface area contributed by atoms with E-state index in [-0.39, 0.29) is 12.6 Å². The van der Waals surface area contributed by atoms with Crippen LogP contribution in [0, 0.1) is 13.8 Å². The number of carbonyl (C=O) groups excluding carboxylic acids is 4. The van der Waals surface area contributed by atoms with Crippen molar-refractivity contribution < 1.29 is 28.7 Å². The van der Waals surface area contributed by atoms with Crippen molar-refractivity contribution in [2.75, 3.05) is 13.7 Å². The Morgan fingerprint density at radius 3 is 2.24 bits per heavy atom. The van der Waals surface area contributed by atoms with Gasteiger partial charge in [0.1, 0.15) is 24.2 Å². The van der Waals surface area contributed by atoms with E-state index < -0.39 is 41.6 Å². The third-order valence-corrected chi connectivity index (χ3v) is 5.31. The highest BCUT2D eigenvalue weighted by Crippen LogP contribution is 2.29. The topological polar surface area (TPSA) is 114 Å². The molecule has 0 aliphatic heterocycles. The Hall–Kier alpha value is -3.10. The van der Waals surface area contributed by atoms with Crippen LogP contribution in [0.2, 0.25) is 0 Å². The van der Waals surface area contributed by atoms with Gasteiger partial charge in [0.25, 0.3) is 0 Å². The van der Waals surface area contributed by atoms with E-state index in [1.54, 1.807) is 27.7 Å². The van der Waals surface area contributed by atoms with Gasteiger partial charge in [-0.15, -0.1) is 0 Å². The zero-order chi connectivity index (χ0) is 26.2. The first kappa shape index (κ1) is 28.9. The molecule has 1 aromatic rings. The van der Waals surface area contributed by atoms with Gasteiger partial charge in [-0.05, 0) is 66.0 Å². The lowest BCUT2D eigenvalue weighted by Crippen LogP contribution is -2.55. The van der Waals surface area contributed by atoms with Gasteiger partial charge in [-0.2, -0.15) is 0 Å². The number of benzene rings is 1. The highest BCUT2D eigenvalue weighted by molar-refractivity contribution is 5.93. The molecule has 0 spiro atoms. The van der Waals surface area contributed by atoms with Crippen LogP contribution in [0.15, 0.2) is 18.2 Å². The zero-order valence-electron chi connectivity index (χ0n) is 21.8. The van der Waals surface area contributed by atoms with Crippen LogP contribution < -0.4 is 10.6 Å². The van der Waals surface area contributed by atoms with Gasteiger partial charge in [0, 0.05) is 6.04 Å². The van der Waals surface area contributed by atoms with Crippen LogP contribution in [0.5, 0.6) is 0 Å². The van der Waals surface area contributed by atoms with Gasteiger partial charge < -0.3 is 25.0 Å². The fourth-order valence-electron chi connectivity index (χ4n) is 3.37. The number of alkyl carbamates (subject to hydrolysis) is 1. The van der Waals surface area contributed by atoms with Crippen LogP contribution in [0.25, 0.3) is 0 Å². The predicted molar refractivity (Wildman–Crippen MR) is 129 cm³/mol. The first-order valence-corrected chi connectivity index (χ1v) is 11.4. The largest absolute Gasteiger partial charge is 0.468 e. The summed E-state index contributed by atoms with van der Waals surface area (Å²) in [6, 6.07) is 3.34. The first-order valence-electron chi connectivity index (χ1n) is 11.4. The minimum atomic E-state index is -1.02. The van der Waals surface area contributed by atoms with E-state index in [0.29, 0.717) is 12.0 Å². The number of nitrogens with zero attached hydrogens (tertiary/aromatic N) is 1. The second kappa shape index (κ2) is 12.4. The molecule has 0 heterocycles. The summed E-state index contributed by atoms with van der Waals surface area (Å²) < 4.78 is 9.91. The van der Waals surface area contributed by atoms with Crippen molar-refractivity contribution >= 4 is 23.9 Å². The third-order valence-electron chi connectivity index (χ3n) is 5.31. The highest BCUT2D eigenvalue weighted by atomic mass is 16.6. The van der Waals surface area contributed by atoms with Crippen LogP contribution in [-0.4, -0.2) is 60.1 Å². The van der Waals surface area contributed by atoms with Gasteiger partial charge >= 0.3 is 12.1 Å². The molecule has 3 atom stereocenters. The number of carbonyl (C=O) groups is 4. The van der Waals surface area contributed by atoms with Gasteiger partial charge in [0.05, 0.1) is 7.11 Å². The highest BCUT2D eigenvalue weighted by Gasteiger charge is 2.38. The molecule has 0 aromatic heterocycles. The van der Waals surface area contributed by atoms with E-state index in [1.165, 1.54) is 12.0 Å². The van der Waals surface area contributed by atoms with Gasteiger partial charge in [-0.1, -0.05) is 30.7 Å². The molecule has 2 N–H and O–H groups in total. The Morgan fingerprint density at radius 1 is 1.09 bits per heavy atom. The van der Waals surface area contributed by atoms with Crippen molar-refractivity contribution in [3.8, 4) is 0 Å². The molecule has 0 saturated carbocycles. The molecule has 9 nitrogen and oxygen atoms in total. The average molecular weight is 478 g/mol. The molecule has 0 aliphatic rings. The molecule has 190 valence electrons. The lowest BCUT2D eigenvalue weighted by atomic mass is 9.94. The summed E-state index contributed by atoms with van der Waals surface area (Å²) in [6.07, 6.45) is -0.160. The summed E-state index contributed by atoms with van der Waals surface area (Å²) in [5, 5.41) is 5.15. The molecule has 1 rings (SSSR count). The maximum absolute atomic E-state index is 13.6. The normalized spacial score (nSPS) is 13.8. The fourth-order valence-corrected chi connectivity index (χ4v) is 3.37. The van der Waals surface area contributed by atoms with Crippen LogP contribution in [0.1, 0.15) is 70.7 Å². The maximum Gasteiger partial charge on any atom is 0.408 e. The zero-order valence-corrected chi connectivity index (χ0v) is 21.8. The Kier molecular flexibility index (Phi) is 10.5. The van der Waals surface area contributed by atoms with Crippen LogP contribution >= 0.6 is 0 Å². The van der Waals surface area contributed by atoms with Crippen molar-refractivity contribution in [1.29, 1.82) is 0 Å². The Morgan fingerprint density at radius 2 is 1.71 bits per heavy atom. The smallest absolute Gasteiger partial charge is 0.408 e. The van der Waals surface area contributed by atoms with Crippen LogP contribution in [0.3, 0.4) is 0 Å². The first-order chi connectivity index (χ1) is 15.7. The van der Waals surface area contributed by atoms with Crippen LogP contribution in [-0.2, 0) is 23.9 Å². The number of methoxy groups -OCH3 is 1. The molecule has 9 heteroatoms. The molecule has 1 aromatic carbocycles. The van der Waals surface area contributed by atoms with Crippen molar-refractivity contribution in [1.82, 2.24) is 15.5 Å². The van der Waals surface area contributed by atoms with Gasteiger partial charge in [0.2, 0.25) is 11.8 Å². The fraction of sp³-hybridized carbons (Fsp3) is 0.600. The molecule has 0 aliphatic carbocycles. The standard InChI is InChI=1S/C25H39N3O6/c1-10-17(4)28(23(31)18(5)27-24(32)34-25(6,7)8)21(22(30)26-14-20(29)33-9)19-13-15(2)11-12-16(19)3/h11-13,17-18,21H,10,14H2,1-9H3,(H,26,30)(H,27,32). The minimum Gasteiger partial charge on any atom is -0.468 e. The summed E-state index contributed by atoms with van der Waals surface area (Å²) in [5.74, 6) is -1.56. The second-order valence-electron chi connectivity index (χ2n) is 9.43. The van der Waals surface area contributed by atoms with Crippen molar-refractivity contribution in [3.63, 3.8) is 0 Å². The Balaban J connectivity index is 3.43. The summed E-state index contributed by atoms with van der Waals surface area (Å²) in [5.41, 5.74) is 1.65. The molecule has 0 fully saturated rings. The molecule has 0 saturated heterocycles. The molecular weight excluding hydrogens is 438 g/mol. The van der Waals surface area contributed by atoms with E-state index in [2.05, 4.69) is 15.4 Å². The number of aryl methyl sites for hydroxylation is 2. The van der Waals surface area contributed by atoms with E-state index >= 15 is 0 Å². The number of esters is 1. The Labute approximate surface area is 202 Å². The lowest BCUT2D eigenvalue weighted by molar-refractivity contribution is -0.146. The lowest BCUT2D eigenvalue weighted by Gasteiger charge is -2.38. The van der Waals surface area contributed by atoms with Gasteiger partial charge in [-0.3, -0.25) is 14.4 Å². The quantitative estimate of drug-likeness (QED) is 0.528. The maximum atomic E-state index is 13.6. The minimum absolute atomic E-state index is 0.328. The molecule has 0 bridgehead atoms. The Bertz CT molecular complexity index is 893. The summed E-state index contributed by atoms with van der Waals surface area (Å²) in [4.78, 5) is 52.4. The monoisotopic (exact) mass is 477 g/mol. The number of amides is 3. The van der Waals surface area contributed by atoms with Crippen LogP contribution in [0.4, 0.5) is 4.79 Å². The molecular formula is C25H39N3O6. The van der Waals surface area contributed by atoms with Gasteiger partial charge in [0.15, 0.2) is 0 Å². The van der Waals surface area contributed by atoms with E-state index in [4.69, 9.17) is 4.74 Å². The van der Waals surface area contributed by atoms with Crippen molar-refractivity contribution in [2.45, 2.75) is 85.5 Å². The second-order valence-corrected chi connectivity index (χ2v) is 9.43. The SMILES string of the molecule is CCC(C)N(C(=O)C(C)NC(=O)OC(C)(C)C)C(C(=O)NCC(=O)OC)c1cc(C)ccc1C. The van der Waals surface area contributed by atoms with Gasteiger partial charge in [-0.25, -0.2) is 4.79 Å². The number of nitrogens with one attached hydrogen (secondary N) is 2. The predicted octanol–water partition coefficient (Wildman–Crippen LogP) is 3.17. The number of rotatable bonds is 9.